The predicted molar refractivity (Wildman–Crippen MR) is 71.8 cm³/mol. The van der Waals surface area contributed by atoms with E-state index in [1.54, 1.807) is 6.07 Å². The van der Waals surface area contributed by atoms with Gasteiger partial charge in [-0.1, -0.05) is 12.1 Å². The lowest BCUT2D eigenvalue weighted by atomic mass is 10.1. The summed E-state index contributed by atoms with van der Waals surface area (Å²) in [5, 5.41) is 1.71. The summed E-state index contributed by atoms with van der Waals surface area (Å²) in [5.74, 6) is -0.386. The lowest BCUT2D eigenvalue weighted by molar-refractivity contribution is 0.626. The number of para-hydroxylation sites is 1. The largest absolute Gasteiger partial charge is 0.455 e. The first-order chi connectivity index (χ1) is 9.24. The van der Waals surface area contributed by atoms with Crippen LogP contribution in [0.3, 0.4) is 0 Å². The second-order valence-corrected chi connectivity index (χ2v) is 4.45. The molecule has 2 aromatic carbocycles. The quantitative estimate of drug-likeness (QED) is 0.520. The zero-order valence-corrected chi connectivity index (χ0v) is 9.74. The molecule has 0 spiro atoms. The summed E-state index contributed by atoms with van der Waals surface area (Å²) in [4.78, 5) is 14.9. The number of nitrogens with one attached hydrogen (secondary N) is 1. The second kappa shape index (κ2) is 3.45. The predicted octanol–water partition coefficient (Wildman–Crippen LogP) is 3.57. The summed E-state index contributed by atoms with van der Waals surface area (Å²) in [6.45, 7) is 0. The Balaban J connectivity index is 2.38. The molecule has 19 heavy (non-hydrogen) atoms. The number of aromatic nitrogens is 1. The molecule has 0 aliphatic rings. The summed E-state index contributed by atoms with van der Waals surface area (Å²) in [5.41, 5.74) is 1.45. The fraction of sp³-hybridized carbons (Fsp3) is 0. The van der Waals surface area contributed by atoms with Crippen molar-refractivity contribution in [1.29, 1.82) is 0 Å². The summed E-state index contributed by atoms with van der Waals surface area (Å²) in [7, 11) is 0. The SMILES string of the molecule is O=c1[nH]c2ccccc2c2oc3ccc(F)cc3c12. The van der Waals surface area contributed by atoms with E-state index in [4.69, 9.17) is 4.42 Å². The Kier molecular flexibility index (Phi) is 1.87. The van der Waals surface area contributed by atoms with Gasteiger partial charge in [0.1, 0.15) is 17.0 Å². The number of furan rings is 1. The van der Waals surface area contributed by atoms with Crippen molar-refractivity contribution in [2.45, 2.75) is 0 Å². The normalized spacial score (nSPS) is 11.6. The maximum absolute atomic E-state index is 13.3. The fourth-order valence-electron chi connectivity index (χ4n) is 2.46. The molecule has 0 aliphatic carbocycles. The van der Waals surface area contributed by atoms with Gasteiger partial charge in [0.2, 0.25) is 0 Å². The molecule has 0 fully saturated rings. The van der Waals surface area contributed by atoms with Crippen molar-refractivity contribution >= 4 is 32.8 Å². The number of fused-ring (bicyclic) bond motifs is 5. The van der Waals surface area contributed by atoms with Crippen LogP contribution in [0.5, 0.6) is 0 Å². The molecule has 4 heteroatoms. The van der Waals surface area contributed by atoms with Crippen molar-refractivity contribution in [1.82, 2.24) is 4.98 Å². The summed E-state index contributed by atoms with van der Waals surface area (Å²) in [6, 6.07) is 11.6. The first-order valence-corrected chi connectivity index (χ1v) is 5.87. The fourth-order valence-corrected chi connectivity index (χ4v) is 2.46. The topological polar surface area (TPSA) is 46.0 Å². The smallest absolute Gasteiger partial charge is 0.260 e. The van der Waals surface area contributed by atoms with Crippen LogP contribution in [0.4, 0.5) is 4.39 Å². The number of benzene rings is 2. The molecule has 4 aromatic rings. The van der Waals surface area contributed by atoms with Crippen molar-refractivity contribution in [3.63, 3.8) is 0 Å². The molecule has 1 N–H and O–H groups in total. The van der Waals surface area contributed by atoms with Crippen LogP contribution in [0.2, 0.25) is 0 Å². The van der Waals surface area contributed by atoms with Gasteiger partial charge in [-0.05, 0) is 30.3 Å². The minimum absolute atomic E-state index is 0.266. The molecule has 0 saturated heterocycles. The molecular weight excluding hydrogens is 245 g/mol. The molecule has 2 heterocycles. The first-order valence-electron chi connectivity index (χ1n) is 5.87. The van der Waals surface area contributed by atoms with Crippen molar-refractivity contribution < 1.29 is 8.81 Å². The summed E-state index contributed by atoms with van der Waals surface area (Å²) in [6.07, 6.45) is 0. The minimum Gasteiger partial charge on any atom is -0.455 e. The number of H-pyrrole nitrogens is 1. The Bertz CT molecular complexity index is 997. The van der Waals surface area contributed by atoms with E-state index >= 15 is 0 Å². The maximum Gasteiger partial charge on any atom is 0.260 e. The molecule has 0 unspecified atom stereocenters. The van der Waals surface area contributed by atoms with Gasteiger partial charge in [0.15, 0.2) is 0 Å². The van der Waals surface area contributed by atoms with Crippen molar-refractivity contribution in [2.24, 2.45) is 0 Å². The first kappa shape index (κ1) is 10.3. The van der Waals surface area contributed by atoms with E-state index in [0.717, 1.165) is 5.39 Å². The summed E-state index contributed by atoms with van der Waals surface area (Å²) >= 11 is 0. The van der Waals surface area contributed by atoms with Crippen LogP contribution in [0.15, 0.2) is 51.7 Å². The molecule has 2 aromatic heterocycles. The second-order valence-electron chi connectivity index (χ2n) is 4.45. The maximum atomic E-state index is 13.3. The van der Waals surface area contributed by atoms with Gasteiger partial charge in [0.05, 0.1) is 10.9 Å². The third kappa shape index (κ3) is 1.34. The number of rotatable bonds is 0. The van der Waals surface area contributed by atoms with Crippen LogP contribution >= 0.6 is 0 Å². The van der Waals surface area contributed by atoms with E-state index in [9.17, 15) is 9.18 Å². The highest BCUT2D eigenvalue weighted by molar-refractivity contribution is 6.13. The van der Waals surface area contributed by atoms with E-state index in [2.05, 4.69) is 4.98 Å². The van der Waals surface area contributed by atoms with Gasteiger partial charge in [-0.15, -0.1) is 0 Å². The van der Waals surface area contributed by atoms with Gasteiger partial charge in [-0.25, -0.2) is 4.39 Å². The van der Waals surface area contributed by atoms with E-state index < -0.39 is 0 Å². The molecule has 0 bridgehead atoms. The van der Waals surface area contributed by atoms with Crippen LogP contribution < -0.4 is 5.56 Å². The van der Waals surface area contributed by atoms with Crippen LogP contribution in [0.25, 0.3) is 32.8 Å². The van der Waals surface area contributed by atoms with E-state index in [-0.39, 0.29) is 11.4 Å². The monoisotopic (exact) mass is 253 g/mol. The van der Waals surface area contributed by atoms with E-state index in [1.807, 2.05) is 24.3 Å². The van der Waals surface area contributed by atoms with E-state index in [0.29, 0.717) is 27.5 Å². The third-order valence-corrected chi connectivity index (χ3v) is 3.30. The number of aromatic amines is 1. The standard InChI is InChI=1S/C15H8FNO2/c16-8-5-6-12-10(7-8)13-14(19-12)9-3-1-2-4-11(9)17-15(13)18/h1-7H,(H,17,18). The molecule has 3 nitrogen and oxygen atoms in total. The highest BCUT2D eigenvalue weighted by Crippen LogP contribution is 2.30. The van der Waals surface area contributed by atoms with Crippen LogP contribution in [0.1, 0.15) is 0 Å². The Hall–Kier alpha value is -2.62. The summed E-state index contributed by atoms with van der Waals surface area (Å²) < 4.78 is 19.0. The van der Waals surface area contributed by atoms with Crippen LogP contribution in [-0.2, 0) is 0 Å². The average Bonchev–Trinajstić information content (AvgIpc) is 2.78. The average molecular weight is 253 g/mol. The van der Waals surface area contributed by atoms with Gasteiger partial charge >= 0.3 is 0 Å². The van der Waals surface area contributed by atoms with Gasteiger partial charge in [0, 0.05) is 10.8 Å². The van der Waals surface area contributed by atoms with Gasteiger partial charge in [0.25, 0.3) is 5.56 Å². The highest BCUT2D eigenvalue weighted by Gasteiger charge is 2.14. The van der Waals surface area contributed by atoms with Crippen LogP contribution in [0, 0.1) is 5.82 Å². The number of hydrogen-bond donors (Lipinski definition) is 1. The number of pyridine rings is 1. The molecule has 4 rings (SSSR count). The molecule has 0 amide bonds. The molecule has 0 saturated carbocycles. The molecule has 92 valence electrons. The molecule has 0 atom stereocenters. The van der Waals surface area contributed by atoms with Crippen molar-refractivity contribution in [2.75, 3.05) is 0 Å². The number of halogens is 1. The minimum atomic E-state index is -0.386. The van der Waals surface area contributed by atoms with Crippen molar-refractivity contribution in [3.05, 3.63) is 58.6 Å². The van der Waals surface area contributed by atoms with Crippen molar-refractivity contribution in [3.8, 4) is 0 Å². The highest BCUT2D eigenvalue weighted by atomic mass is 19.1. The Labute approximate surface area is 106 Å². The van der Waals surface area contributed by atoms with Gasteiger partial charge in [-0.3, -0.25) is 4.79 Å². The Morgan fingerprint density at radius 1 is 1.05 bits per heavy atom. The Morgan fingerprint density at radius 3 is 2.79 bits per heavy atom. The van der Waals surface area contributed by atoms with Gasteiger partial charge in [-0.2, -0.15) is 0 Å². The lowest BCUT2D eigenvalue weighted by Gasteiger charge is -1.97. The molecular formula is C15H8FNO2. The lowest BCUT2D eigenvalue weighted by Crippen LogP contribution is -2.04. The third-order valence-electron chi connectivity index (χ3n) is 3.30. The Morgan fingerprint density at radius 2 is 1.89 bits per heavy atom. The van der Waals surface area contributed by atoms with Crippen LogP contribution in [-0.4, -0.2) is 4.98 Å². The molecule has 0 radical (unpaired) electrons. The molecule has 0 aliphatic heterocycles. The van der Waals surface area contributed by atoms with E-state index in [1.165, 1.54) is 12.1 Å². The zero-order chi connectivity index (χ0) is 13.0. The number of hydrogen-bond acceptors (Lipinski definition) is 2. The van der Waals surface area contributed by atoms with Gasteiger partial charge < -0.3 is 9.40 Å². The zero-order valence-electron chi connectivity index (χ0n) is 9.74.